The molecule has 0 unspecified atom stereocenters. The van der Waals surface area contributed by atoms with Crippen molar-refractivity contribution >= 4 is 29.1 Å². The van der Waals surface area contributed by atoms with Crippen LogP contribution in [0.1, 0.15) is 16.1 Å². The highest BCUT2D eigenvalue weighted by atomic mass is 16.5. The minimum Gasteiger partial charge on any atom is -0.483 e. The molecule has 0 bridgehead atoms. The first-order valence-corrected chi connectivity index (χ1v) is 8.70. The highest BCUT2D eigenvalue weighted by Gasteiger charge is 2.11. The van der Waals surface area contributed by atoms with Crippen molar-refractivity contribution in [1.82, 2.24) is 9.97 Å². The average Bonchev–Trinajstić information content (AvgIpc) is 3.19. The largest absolute Gasteiger partial charge is 0.483 e. The van der Waals surface area contributed by atoms with Crippen LogP contribution >= 0.6 is 0 Å². The molecule has 1 aromatic heterocycles. The Morgan fingerprint density at radius 2 is 1.72 bits per heavy atom. The van der Waals surface area contributed by atoms with Crippen LogP contribution in [-0.4, -0.2) is 34.3 Å². The first kappa shape index (κ1) is 19.6. The summed E-state index contributed by atoms with van der Waals surface area (Å²) in [5.41, 5.74) is 7.20. The van der Waals surface area contributed by atoms with Crippen LogP contribution in [0.2, 0.25) is 0 Å². The highest BCUT2D eigenvalue weighted by Crippen LogP contribution is 2.18. The van der Waals surface area contributed by atoms with E-state index in [2.05, 4.69) is 20.6 Å². The van der Waals surface area contributed by atoms with E-state index in [1.54, 1.807) is 48.7 Å². The molecule has 9 nitrogen and oxygen atoms in total. The minimum absolute atomic E-state index is 0.156. The van der Waals surface area contributed by atoms with Crippen LogP contribution in [-0.2, 0) is 16.0 Å². The molecule has 0 fully saturated rings. The summed E-state index contributed by atoms with van der Waals surface area (Å²) < 4.78 is 5.39. The summed E-state index contributed by atoms with van der Waals surface area (Å²) in [5, 5.41) is 5.42. The summed E-state index contributed by atoms with van der Waals surface area (Å²) in [6, 6.07) is 13.1. The second-order valence-electron chi connectivity index (χ2n) is 6.08. The Labute approximate surface area is 166 Å². The fourth-order valence-electron chi connectivity index (χ4n) is 2.57. The summed E-state index contributed by atoms with van der Waals surface area (Å²) in [6.07, 6.45) is 3.24. The Morgan fingerprint density at radius 3 is 2.41 bits per heavy atom. The predicted molar refractivity (Wildman–Crippen MR) is 106 cm³/mol. The SMILES string of the molecule is NC(=O)c1ccccc1OCC(=O)Nc1cccc(NC(=O)Cc2cnc[nH]2)c1. The van der Waals surface area contributed by atoms with Crippen LogP contribution in [0.25, 0.3) is 0 Å². The van der Waals surface area contributed by atoms with E-state index in [1.165, 1.54) is 12.4 Å². The van der Waals surface area contributed by atoms with Gasteiger partial charge in [-0.3, -0.25) is 14.4 Å². The number of hydrogen-bond acceptors (Lipinski definition) is 5. The number of carbonyl (C=O) groups excluding carboxylic acids is 3. The lowest BCUT2D eigenvalue weighted by atomic mass is 10.2. The zero-order valence-electron chi connectivity index (χ0n) is 15.3. The fraction of sp³-hybridized carbons (Fsp3) is 0.100. The van der Waals surface area contributed by atoms with Gasteiger partial charge in [0.2, 0.25) is 5.91 Å². The molecule has 2 aromatic carbocycles. The van der Waals surface area contributed by atoms with Gasteiger partial charge in [-0.2, -0.15) is 0 Å². The van der Waals surface area contributed by atoms with E-state index in [-0.39, 0.29) is 30.2 Å². The third-order valence-electron chi connectivity index (χ3n) is 3.85. The number of aromatic amines is 1. The number of amides is 3. The Morgan fingerprint density at radius 1 is 1.00 bits per heavy atom. The number of hydrogen-bond donors (Lipinski definition) is 4. The number of nitrogens with one attached hydrogen (secondary N) is 3. The summed E-state index contributed by atoms with van der Waals surface area (Å²) in [6.45, 7) is -0.305. The van der Waals surface area contributed by atoms with E-state index in [1.807, 2.05) is 0 Å². The fourth-order valence-corrected chi connectivity index (χ4v) is 2.57. The molecule has 0 atom stereocenters. The smallest absolute Gasteiger partial charge is 0.262 e. The molecular formula is C20H19N5O4. The van der Waals surface area contributed by atoms with Gasteiger partial charge in [0.15, 0.2) is 6.61 Å². The van der Waals surface area contributed by atoms with Gasteiger partial charge < -0.3 is 26.1 Å². The van der Waals surface area contributed by atoms with Gasteiger partial charge in [-0.1, -0.05) is 18.2 Å². The molecule has 3 aromatic rings. The van der Waals surface area contributed by atoms with Crippen LogP contribution in [0.15, 0.2) is 61.1 Å². The van der Waals surface area contributed by atoms with E-state index in [0.717, 1.165) is 0 Å². The molecule has 0 aliphatic rings. The predicted octanol–water partition coefficient (Wildman–Crippen LogP) is 1.71. The van der Waals surface area contributed by atoms with E-state index in [4.69, 9.17) is 10.5 Å². The van der Waals surface area contributed by atoms with Gasteiger partial charge in [-0.05, 0) is 30.3 Å². The zero-order chi connectivity index (χ0) is 20.6. The normalized spacial score (nSPS) is 10.2. The molecule has 29 heavy (non-hydrogen) atoms. The molecule has 3 amide bonds. The van der Waals surface area contributed by atoms with Crippen LogP contribution in [0.4, 0.5) is 11.4 Å². The van der Waals surface area contributed by atoms with Crippen LogP contribution < -0.4 is 21.1 Å². The third kappa shape index (κ3) is 5.67. The third-order valence-corrected chi connectivity index (χ3v) is 3.85. The lowest BCUT2D eigenvalue weighted by Gasteiger charge is -2.11. The van der Waals surface area contributed by atoms with Crippen molar-refractivity contribution in [3.05, 3.63) is 72.3 Å². The van der Waals surface area contributed by atoms with Crippen molar-refractivity contribution in [3.63, 3.8) is 0 Å². The number of H-pyrrole nitrogens is 1. The van der Waals surface area contributed by atoms with E-state index < -0.39 is 11.8 Å². The Hall–Kier alpha value is -4.14. The number of anilines is 2. The number of nitrogens with zero attached hydrogens (tertiary/aromatic N) is 1. The zero-order valence-corrected chi connectivity index (χ0v) is 15.3. The van der Waals surface area contributed by atoms with Gasteiger partial charge in [0.05, 0.1) is 18.3 Å². The second kappa shape index (κ2) is 9.18. The maximum absolute atomic E-state index is 12.2. The molecular weight excluding hydrogens is 374 g/mol. The number of carbonyl (C=O) groups is 3. The number of imidazole rings is 1. The number of primary amides is 1. The molecule has 0 saturated heterocycles. The molecule has 0 radical (unpaired) electrons. The van der Waals surface area contributed by atoms with Crippen molar-refractivity contribution in [2.45, 2.75) is 6.42 Å². The lowest BCUT2D eigenvalue weighted by molar-refractivity contribution is -0.118. The van der Waals surface area contributed by atoms with Crippen LogP contribution in [0.3, 0.4) is 0 Å². The first-order valence-electron chi connectivity index (χ1n) is 8.70. The van der Waals surface area contributed by atoms with Crippen molar-refractivity contribution in [2.24, 2.45) is 5.73 Å². The molecule has 0 saturated carbocycles. The maximum atomic E-state index is 12.2. The number of aromatic nitrogens is 2. The Balaban J connectivity index is 1.55. The van der Waals surface area contributed by atoms with Gasteiger partial charge in [0.1, 0.15) is 5.75 Å². The average molecular weight is 393 g/mol. The lowest BCUT2D eigenvalue weighted by Crippen LogP contribution is -2.22. The molecule has 0 spiro atoms. The maximum Gasteiger partial charge on any atom is 0.262 e. The molecule has 0 aliphatic carbocycles. The van der Waals surface area contributed by atoms with Crippen LogP contribution in [0.5, 0.6) is 5.75 Å². The van der Waals surface area contributed by atoms with Crippen molar-refractivity contribution in [1.29, 1.82) is 0 Å². The van der Waals surface area contributed by atoms with Gasteiger partial charge in [-0.15, -0.1) is 0 Å². The Kier molecular flexibility index (Phi) is 6.21. The highest BCUT2D eigenvalue weighted by molar-refractivity contribution is 5.97. The number of benzene rings is 2. The summed E-state index contributed by atoms with van der Waals surface area (Å²) in [7, 11) is 0. The minimum atomic E-state index is -0.639. The Bertz CT molecular complexity index is 1020. The molecule has 3 rings (SSSR count). The number of nitrogens with two attached hydrogens (primary N) is 1. The monoisotopic (exact) mass is 393 g/mol. The standard InChI is InChI=1S/C20H19N5O4/c21-20(28)16-6-1-2-7-17(16)29-11-19(27)25-14-5-3-4-13(8-14)24-18(26)9-15-10-22-12-23-15/h1-8,10,12H,9,11H2,(H2,21,28)(H,22,23)(H,24,26)(H,25,27). The molecule has 148 valence electrons. The van der Waals surface area contributed by atoms with E-state index >= 15 is 0 Å². The van der Waals surface area contributed by atoms with E-state index in [0.29, 0.717) is 17.1 Å². The topological polar surface area (TPSA) is 139 Å². The number of rotatable bonds is 8. The van der Waals surface area contributed by atoms with Crippen molar-refractivity contribution < 1.29 is 19.1 Å². The molecule has 9 heteroatoms. The van der Waals surface area contributed by atoms with Gasteiger partial charge in [0.25, 0.3) is 11.8 Å². The molecule has 0 aliphatic heterocycles. The van der Waals surface area contributed by atoms with Gasteiger partial charge in [0, 0.05) is 23.3 Å². The summed E-state index contributed by atoms with van der Waals surface area (Å²) in [4.78, 5) is 42.3. The summed E-state index contributed by atoms with van der Waals surface area (Å²) >= 11 is 0. The second-order valence-corrected chi connectivity index (χ2v) is 6.08. The van der Waals surface area contributed by atoms with Gasteiger partial charge >= 0.3 is 0 Å². The van der Waals surface area contributed by atoms with Crippen molar-refractivity contribution in [3.8, 4) is 5.75 Å². The quantitative estimate of drug-likeness (QED) is 0.461. The molecule has 1 heterocycles. The van der Waals surface area contributed by atoms with Crippen molar-refractivity contribution in [2.75, 3.05) is 17.2 Å². The first-order chi connectivity index (χ1) is 14.0. The van der Waals surface area contributed by atoms with Crippen LogP contribution in [0, 0.1) is 0 Å². The van der Waals surface area contributed by atoms with E-state index in [9.17, 15) is 14.4 Å². The molecule has 5 N–H and O–H groups in total. The number of ether oxygens (including phenoxy) is 1. The van der Waals surface area contributed by atoms with Gasteiger partial charge in [-0.25, -0.2) is 4.98 Å². The summed E-state index contributed by atoms with van der Waals surface area (Å²) in [5.74, 6) is -1.05. The number of para-hydroxylation sites is 1.